The molecule has 15 nitrogen and oxygen atoms in total. The van der Waals surface area contributed by atoms with Crippen LogP contribution in [0.2, 0.25) is 0 Å². The van der Waals surface area contributed by atoms with Crippen molar-refractivity contribution in [2.75, 3.05) is 13.1 Å². The fourth-order valence-electron chi connectivity index (χ4n) is 4.92. The maximum Gasteiger partial charge on any atom is 0.337 e. The van der Waals surface area contributed by atoms with Crippen LogP contribution in [0.1, 0.15) is 25.1 Å². The van der Waals surface area contributed by atoms with E-state index in [-0.39, 0.29) is 24.7 Å². The van der Waals surface area contributed by atoms with Crippen LogP contribution >= 0.6 is 0 Å². The molecule has 0 radical (unpaired) electrons. The summed E-state index contributed by atoms with van der Waals surface area (Å²) in [6.45, 7) is 0.129. The van der Waals surface area contributed by atoms with E-state index in [0.717, 1.165) is 19.1 Å². The second-order valence-electron chi connectivity index (χ2n) is 8.59. The van der Waals surface area contributed by atoms with Gasteiger partial charge in [-0.3, -0.25) is 14.5 Å². The Labute approximate surface area is 224 Å². The molecule has 2 atom stereocenters. The van der Waals surface area contributed by atoms with E-state index in [1.807, 2.05) is 0 Å². The largest absolute Gasteiger partial charge is 0.399 e. The first-order chi connectivity index (χ1) is 18.5. The molecule has 2 unspecified atom stereocenters. The molecule has 6 N–H and O–H groups in total. The average molecular weight is 577 g/mol. The lowest BCUT2D eigenvalue weighted by Gasteiger charge is -2.49. The summed E-state index contributed by atoms with van der Waals surface area (Å²) < 4.78 is 61.9. The Morgan fingerprint density at radius 3 is 2.18 bits per heavy atom. The molecule has 0 bridgehead atoms. The van der Waals surface area contributed by atoms with Gasteiger partial charge in [-0.1, -0.05) is 24.6 Å². The van der Waals surface area contributed by atoms with Crippen LogP contribution in [0.4, 0.5) is 0 Å². The normalized spacial score (nSPS) is 22.3. The number of hydrogen-bond acceptors (Lipinski definition) is 13. The van der Waals surface area contributed by atoms with Gasteiger partial charge in [-0.25, -0.2) is 15.0 Å². The minimum atomic E-state index is -5.11. The number of hydrogen-bond donors (Lipinski definition) is 3. The second kappa shape index (κ2) is 10.9. The quantitative estimate of drug-likeness (QED) is 0.315. The summed E-state index contributed by atoms with van der Waals surface area (Å²) in [5.41, 5.74) is 15.4. The summed E-state index contributed by atoms with van der Waals surface area (Å²) in [4.78, 5) is 36.1. The SMILES string of the molecule is NC(=O)C1=C(N)C(N2CCCCC2)(S(=O)(=O)Oc2ccccc2)C(N=S(=O)=O)C(C(N)=O)=C1c1ncncn1. The van der Waals surface area contributed by atoms with Crippen LogP contribution in [-0.2, 0) is 30.2 Å². The van der Waals surface area contributed by atoms with Gasteiger partial charge in [-0.2, -0.15) is 21.2 Å². The predicted molar refractivity (Wildman–Crippen MR) is 136 cm³/mol. The molecule has 2 aliphatic rings. The molecule has 1 saturated heterocycles. The number of carbonyl (C=O) groups is 2. The first kappa shape index (κ1) is 27.8. The van der Waals surface area contributed by atoms with Crippen LogP contribution in [0, 0.1) is 0 Å². The molecule has 17 heteroatoms. The lowest BCUT2D eigenvalue weighted by atomic mass is 9.79. The van der Waals surface area contributed by atoms with E-state index in [0.29, 0.717) is 12.8 Å². The number of aromatic nitrogens is 3. The van der Waals surface area contributed by atoms with Gasteiger partial charge in [0.25, 0.3) is 5.91 Å². The van der Waals surface area contributed by atoms with Crippen molar-refractivity contribution in [1.29, 1.82) is 0 Å². The fourth-order valence-corrected chi connectivity index (χ4v) is 7.22. The van der Waals surface area contributed by atoms with Crippen LogP contribution in [0.3, 0.4) is 0 Å². The smallest absolute Gasteiger partial charge is 0.337 e. The third-order valence-electron chi connectivity index (χ3n) is 6.40. The van der Waals surface area contributed by atoms with Gasteiger partial charge in [0.15, 0.2) is 5.82 Å². The third kappa shape index (κ3) is 4.86. The van der Waals surface area contributed by atoms with Gasteiger partial charge in [0.1, 0.15) is 24.4 Å². The predicted octanol–water partition coefficient (Wildman–Crippen LogP) is -1.16. The molecular formula is C22H24N8O7S2. The van der Waals surface area contributed by atoms with Crippen molar-refractivity contribution >= 4 is 38.0 Å². The second-order valence-corrected chi connectivity index (χ2v) is 10.9. The number of amides is 2. The third-order valence-corrected chi connectivity index (χ3v) is 8.65. The van der Waals surface area contributed by atoms with Crippen LogP contribution in [-0.4, -0.2) is 72.5 Å². The Hall–Kier alpha value is -4.22. The molecule has 0 saturated carbocycles. The maximum atomic E-state index is 14.4. The van der Waals surface area contributed by atoms with E-state index in [1.165, 1.54) is 29.2 Å². The zero-order chi connectivity index (χ0) is 28.4. The lowest BCUT2D eigenvalue weighted by molar-refractivity contribution is -0.115. The van der Waals surface area contributed by atoms with Crippen molar-refractivity contribution < 1.29 is 30.6 Å². The van der Waals surface area contributed by atoms with Crippen molar-refractivity contribution in [3.05, 3.63) is 65.7 Å². The number of nitrogens with two attached hydrogens (primary N) is 3. The van der Waals surface area contributed by atoms with Crippen molar-refractivity contribution in [2.24, 2.45) is 21.6 Å². The molecule has 1 aliphatic heterocycles. The number of carbonyl (C=O) groups excluding carboxylic acids is 2. The Balaban J connectivity index is 2.20. The van der Waals surface area contributed by atoms with E-state index in [4.69, 9.17) is 21.4 Å². The van der Waals surface area contributed by atoms with Crippen molar-refractivity contribution in [1.82, 2.24) is 19.9 Å². The zero-order valence-corrected chi connectivity index (χ0v) is 21.9. The summed E-state index contributed by atoms with van der Waals surface area (Å²) in [5, 5.41) is 0. The Bertz CT molecular complexity index is 1600. The molecule has 1 aromatic heterocycles. The van der Waals surface area contributed by atoms with E-state index < -0.39 is 65.8 Å². The highest BCUT2D eigenvalue weighted by Gasteiger charge is 2.65. The molecule has 1 fully saturated rings. The summed E-state index contributed by atoms with van der Waals surface area (Å²) in [7, 11) is -8.41. The number of piperidine rings is 1. The molecule has 4 rings (SSSR count). The number of benzene rings is 1. The van der Waals surface area contributed by atoms with Crippen LogP contribution in [0.15, 0.2) is 64.2 Å². The number of rotatable bonds is 8. The molecule has 1 aliphatic carbocycles. The van der Waals surface area contributed by atoms with Gasteiger partial charge in [0.2, 0.25) is 10.8 Å². The Morgan fingerprint density at radius 2 is 1.64 bits per heavy atom. The first-order valence-electron chi connectivity index (χ1n) is 11.5. The van der Waals surface area contributed by atoms with Crippen molar-refractivity contribution in [2.45, 2.75) is 30.2 Å². The van der Waals surface area contributed by atoms with E-state index >= 15 is 0 Å². The van der Waals surface area contributed by atoms with Gasteiger partial charge in [0, 0.05) is 18.7 Å². The number of primary amides is 2. The summed E-state index contributed by atoms with van der Waals surface area (Å²) in [6.07, 6.45) is 3.74. The van der Waals surface area contributed by atoms with E-state index in [1.54, 1.807) is 6.07 Å². The number of para-hydroxylation sites is 1. The molecule has 206 valence electrons. The average Bonchev–Trinajstić information content (AvgIpc) is 2.89. The molecular weight excluding hydrogens is 552 g/mol. The van der Waals surface area contributed by atoms with Gasteiger partial charge in [-0.05, 0) is 25.0 Å². The molecule has 39 heavy (non-hydrogen) atoms. The van der Waals surface area contributed by atoms with Crippen LogP contribution in [0.25, 0.3) is 5.57 Å². The van der Waals surface area contributed by atoms with E-state index in [9.17, 15) is 26.4 Å². The van der Waals surface area contributed by atoms with Gasteiger partial charge >= 0.3 is 20.6 Å². The molecule has 2 amide bonds. The van der Waals surface area contributed by atoms with Crippen molar-refractivity contribution in [3.63, 3.8) is 0 Å². The van der Waals surface area contributed by atoms with Crippen LogP contribution in [0.5, 0.6) is 5.75 Å². The molecule has 0 spiro atoms. The number of nitrogens with zero attached hydrogens (tertiary/aromatic N) is 5. The van der Waals surface area contributed by atoms with Crippen LogP contribution < -0.4 is 21.4 Å². The topological polar surface area (TPSA) is 244 Å². The lowest BCUT2D eigenvalue weighted by Crippen LogP contribution is -2.68. The highest BCUT2D eigenvalue weighted by atomic mass is 32.2. The zero-order valence-electron chi connectivity index (χ0n) is 20.3. The summed E-state index contributed by atoms with van der Waals surface area (Å²) >= 11 is 0. The molecule has 2 heterocycles. The maximum absolute atomic E-state index is 14.4. The van der Waals surface area contributed by atoms with Crippen molar-refractivity contribution in [3.8, 4) is 5.75 Å². The Kier molecular flexibility index (Phi) is 7.75. The number of likely N-dealkylation sites (tertiary alicyclic amines) is 1. The van der Waals surface area contributed by atoms with E-state index in [2.05, 4.69) is 19.3 Å². The summed E-state index contributed by atoms with van der Waals surface area (Å²) in [5.74, 6) is -3.04. The van der Waals surface area contributed by atoms with Gasteiger partial charge < -0.3 is 21.4 Å². The minimum absolute atomic E-state index is 0.0643. The fraction of sp³-hybridized carbons (Fsp3) is 0.318. The highest BCUT2D eigenvalue weighted by molar-refractivity contribution is 7.88. The Morgan fingerprint density at radius 1 is 1.03 bits per heavy atom. The summed E-state index contributed by atoms with van der Waals surface area (Å²) in [6, 6.07) is 5.20. The minimum Gasteiger partial charge on any atom is -0.399 e. The van der Waals surface area contributed by atoms with Gasteiger partial charge in [-0.15, -0.1) is 0 Å². The van der Waals surface area contributed by atoms with Gasteiger partial charge in [0.05, 0.1) is 16.8 Å². The monoisotopic (exact) mass is 576 g/mol. The molecule has 2 aromatic rings. The standard InChI is InChI=1S/C22H24N8O7S2/c23-17-15(19(24)31)14(21-27-11-26-12-28-21)16(20(25)32)18(29-38(33)34)22(17,30-9-5-2-6-10-30)39(35,36)37-13-7-3-1-4-8-13/h1,3-4,7-8,11-12,18H,2,5-6,9-10,23H2,(H2,24,31)(H2,25,32). The first-order valence-corrected chi connectivity index (χ1v) is 14.0. The highest BCUT2D eigenvalue weighted by Crippen LogP contribution is 2.48. The molecule has 1 aromatic carbocycles.